The third-order valence-electron chi connectivity index (χ3n) is 5.21. The minimum Gasteiger partial charge on any atom is -0.340 e. The number of carbonyl (C=O) groups is 1. The van der Waals surface area contributed by atoms with Crippen molar-refractivity contribution in [2.45, 2.75) is 44.4 Å². The Bertz CT molecular complexity index is 806. The number of rotatable bonds is 3. The number of carbonyl (C=O) groups excluding carboxylic acids is 1. The molecule has 0 amide bonds. The van der Waals surface area contributed by atoms with Gasteiger partial charge < -0.3 is 5.32 Å². The van der Waals surface area contributed by atoms with Gasteiger partial charge in [0.1, 0.15) is 5.82 Å². The van der Waals surface area contributed by atoms with Crippen LogP contribution in [0.4, 0.5) is 11.5 Å². The lowest BCUT2D eigenvalue weighted by atomic mass is 9.66. The number of nitrogens with zero attached hydrogens (tertiary/aromatic N) is 1. The Morgan fingerprint density at radius 2 is 1.62 bits per heavy atom. The highest BCUT2D eigenvalue weighted by Crippen LogP contribution is 2.52. The van der Waals surface area contributed by atoms with Crippen LogP contribution in [0.1, 0.15) is 65.9 Å². The molecule has 0 spiro atoms. The second-order valence-corrected chi connectivity index (χ2v) is 7.61. The summed E-state index contributed by atoms with van der Waals surface area (Å²) in [5, 5.41) is 4.54. The van der Waals surface area contributed by atoms with E-state index < -0.39 is 0 Å². The lowest BCUT2D eigenvalue weighted by molar-refractivity contribution is 0.101. The molecule has 24 heavy (non-hydrogen) atoms. The molecule has 2 bridgehead atoms. The van der Waals surface area contributed by atoms with Gasteiger partial charge in [-0.3, -0.25) is 4.79 Å². The largest absolute Gasteiger partial charge is 0.340 e. The van der Waals surface area contributed by atoms with Crippen LogP contribution in [0, 0.1) is 0 Å². The van der Waals surface area contributed by atoms with Gasteiger partial charge in [-0.25, -0.2) is 4.98 Å². The van der Waals surface area contributed by atoms with Gasteiger partial charge in [0.2, 0.25) is 0 Å². The summed E-state index contributed by atoms with van der Waals surface area (Å²) >= 11 is 12.2. The Labute approximate surface area is 151 Å². The first kappa shape index (κ1) is 15.9. The molecule has 0 saturated heterocycles. The van der Waals surface area contributed by atoms with Gasteiger partial charge in [-0.2, -0.15) is 0 Å². The monoisotopic (exact) mass is 360 g/mol. The number of anilines is 2. The highest BCUT2D eigenvalue weighted by molar-refractivity contribution is 6.35. The van der Waals surface area contributed by atoms with E-state index in [4.69, 9.17) is 23.2 Å². The molecule has 5 rings (SSSR count). The molecule has 0 unspecified atom stereocenters. The van der Waals surface area contributed by atoms with Crippen LogP contribution in [0.2, 0.25) is 10.0 Å². The molecule has 3 aliphatic rings. The number of aromatic nitrogens is 1. The van der Waals surface area contributed by atoms with Gasteiger partial charge >= 0.3 is 0 Å². The molecule has 1 fully saturated rings. The smallest absolute Gasteiger partial charge is 0.161 e. The van der Waals surface area contributed by atoms with E-state index in [0.29, 0.717) is 21.9 Å². The van der Waals surface area contributed by atoms with Crippen LogP contribution < -0.4 is 5.32 Å². The Kier molecular flexibility index (Phi) is 4.01. The van der Waals surface area contributed by atoms with Crippen LogP contribution in [0.15, 0.2) is 24.4 Å². The summed E-state index contributed by atoms with van der Waals surface area (Å²) in [5.74, 6) is 1.90. The molecule has 1 heterocycles. The number of hydrogen-bond acceptors (Lipinski definition) is 3. The van der Waals surface area contributed by atoms with Crippen LogP contribution in [-0.2, 0) is 0 Å². The van der Waals surface area contributed by atoms with Gasteiger partial charge in [0.05, 0.1) is 0 Å². The molecule has 0 radical (unpaired) electrons. The van der Waals surface area contributed by atoms with Gasteiger partial charge in [-0.15, -0.1) is 0 Å². The van der Waals surface area contributed by atoms with Crippen molar-refractivity contribution in [3.63, 3.8) is 0 Å². The fourth-order valence-electron chi connectivity index (χ4n) is 4.21. The van der Waals surface area contributed by atoms with Crippen molar-refractivity contribution in [3.8, 4) is 0 Å². The number of benzene rings is 1. The molecular weight excluding hydrogens is 343 g/mol. The highest BCUT2D eigenvalue weighted by atomic mass is 35.5. The maximum Gasteiger partial charge on any atom is 0.161 e. The maximum absolute atomic E-state index is 12.1. The Morgan fingerprint density at radius 3 is 2.21 bits per heavy atom. The predicted molar refractivity (Wildman–Crippen MR) is 97.9 cm³/mol. The molecule has 1 saturated carbocycles. The first-order valence-corrected chi connectivity index (χ1v) is 9.05. The number of pyridine rings is 1. The van der Waals surface area contributed by atoms with Crippen molar-refractivity contribution in [3.05, 3.63) is 51.1 Å². The zero-order valence-corrected chi connectivity index (χ0v) is 14.9. The molecule has 1 aromatic carbocycles. The lowest BCUT2D eigenvalue weighted by Gasteiger charge is -2.40. The summed E-state index contributed by atoms with van der Waals surface area (Å²) in [6.07, 6.45) is 6.41. The molecule has 3 nitrogen and oxygen atoms in total. The predicted octanol–water partition coefficient (Wildman–Crippen LogP) is 6.09. The number of ketones is 1. The fraction of sp³-hybridized carbons (Fsp3) is 0.368. The third-order valence-corrected chi connectivity index (χ3v) is 5.64. The van der Waals surface area contributed by atoms with E-state index in [1.807, 2.05) is 12.1 Å². The SMILES string of the molecule is CC(=O)c1cnc(Nc2cc(Cl)cc(Cl)c2)c2c1C1CCC2CC1. The number of hydrogen-bond donors (Lipinski definition) is 1. The van der Waals surface area contributed by atoms with E-state index in [2.05, 4.69) is 10.3 Å². The summed E-state index contributed by atoms with van der Waals surface area (Å²) < 4.78 is 0. The summed E-state index contributed by atoms with van der Waals surface area (Å²) in [6.45, 7) is 1.63. The molecule has 1 N–H and O–H groups in total. The first-order valence-electron chi connectivity index (χ1n) is 8.29. The summed E-state index contributed by atoms with van der Waals surface area (Å²) in [6, 6.07) is 5.38. The van der Waals surface area contributed by atoms with Crippen molar-refractivity contribution in [2.24, 2.45) is 0 Å². The third kappa shape index (κ3) is 2.70. The van der Waals surface area contributed by atoms with E-state index in [-0.39, 0.29) is 5.78 Å². The number of halogens is 2. The minimum atomic E-state index is 0.101. The molecule has 5 heteroatoms. The minimum absolute atomic E-state index is 0.101. The quantitative estimate of drug-likeness (QED) is 0.673. The Balaban J connectivity index is 1.82. The Hall–Kier alpha value is -1.58. The number of fused-ring (bicyclic) bond motifs is 2. The van der Waals surface area contributed by atoms with E-state index in [1.165, 1.54) is 36.8 Å². The van der Waals surface area contributed by atoms with E-state index in [1.54, 1.807) is 19.2 Å². The zero-order valence-electron chi connectivity index (χ0n) is 13.4. The Morgan fingerprint density at radius 1 is 1.04 bits per heavy atom. The molecule has 124 valence electrons. The number of Topliss-reactive ketones (excluding diaryl/α,β-unsaturated/α-hetero) is 1. The lowest BCUT2D eigenvalue weighted by Crippen LogP contribution is -2.25. The fourth-order valence-corrected chi connectivity index (χ4v) is 4.73. The summed E-state index contributed by atoms with van der Waals surface area (Å²) in [4.78, 5) is 16.6. The normalized spacial score (nSPS) is 21.5. The highest BCUT2D eigenvalue weighted by Gasteiger charge is 2.37. The van der Waals surface area contributed by atoms with Gasteiger partial charge in [0.25, 0.3) is 0 Å². The van der Waals surface area contributed by atoms with Crippen molar-refractivity contribution in [2.75, 3.05) is 5.32 Å². The number of nitrogens with one attached hydrogen (secondary N) is 1. The van der Waals surface area contributed by atoms with E-state index in [0.717, 1.165) is 17.1 Å². The van der Waals surface area contributed by atoms with E-state index >= 15 is 0 Å². The van der Waals surface area contributed by atoms with Crippen molar-refractivity contribution in [1.29, 1.82) is 0 Å². The van der Waals surface area contributed by atoms with Gasteiger partial charge in [0.15, 0.2) is 5.78 Å². The zero-order chi connectivity index (χ0) is 16.8. The summed E-state index contributed by atoms with van der Waals surface area (Å²) in [5.41, 5.74) is 4.05. The molecule has 2 aromatic rings. The van der Waals surface area contributed by atoms with Crippen LogP contribution in [0.25, 0.3) is 0 Å². The van der Waals surface area contributed by atoms with Crippen LogP contribution in [-0.4, -0.2) is 10.8 Å². The topological polar surface area (TPSA) is 42.0 Å². The standard InChI is InChI=1S/C19H18Cl2N2O/c1-10(24)16-9-22-19(23-15-7-13(20)6-14(21)8-15)18-12-4-2-11(3-5-12)17(16)18/h6-9,11-12H,2-5H2,1H3,(H,22,23). The van der Waals surface area contributed by atoms with Crippen molar-refractivity contribution < 1.29 is 4.79 Å². The molecule has 0 aliphatic heterocycles. The maximum atomic E-state index is 12.1. The second-order valence-electron chi connectivity index (χ2n) is 6.74. The van der Waals surface area contributed by atoms with Gasteiger partial charge in [-0.1, -0.05) is 23.2 Å². The average Bonchev–Trinajstić information content (AvgIpc) is 2.54. The molecule has 3 aliphatic carbocycles. The van der Waals surface area contributed by atoms with Crippen LogP contribution in [0.3, 0.4) is 0 Å². The molecule has 1 aromatic heterocycles. The van der Waals surface area contributed by atoms with Gasteiger partial charge in [0, 0.05) is 33.1 Å². The molecule has 0 atom stereocenters. The first-order chi connectivity index (χ1) is 11.5. The van der Waals surface area contributed by atoms with Crippen LogP contribution >= 0.6 is 23.2 Å². The van der Waals surface area contributed by atoms with Crippen molar-refractivity contribution in [1.82, 2.24) is 4.98 Å². The van der Waals surface area contributed by atoms with Gasteiger partial charge in [-0.05, 0) is 68.2 Å². The van der Waals surface area contributed by atoms with E-state index in [9.17, 15) is 4.79 Å². The molecular formula is C19H18Cl2N2O. The second kappa shape index (κ2) is 6.05. The van der Waals surface area contributed by atoms with Crippen molar-refractivity contribution >= 4 is 40.5 Å². The average molecular weight is 361 g/mol. The van der Waals surface area contributed by atoms with Crippen LogP contribution in [0.5, 0.6) is 0 Å². The summed E-state index contributed by atoms with van der Waals surface area (Å²) in [7, 11) is 0.